The average Bonchev–Trinajstić information content (AvgIpc) is 3.19. The molecule has 5 nitrogen and oxygen atoms in total. The van der Waals surface area contributed by atoms with Gasteiger partial charge in [-0.1, -0.05) is 12.1 Å². The van der Waals surface area contributed by atoms with Crippen LogP contribution in [0.3, 0.4) is 0 Å². The second kappa shape index (κ2) is 7.00. The molecule has 2 atom stereocenters. The first kappa shape index (κ1) is 15.8. The number of benzene rings is 1. The first-order valence-corrected chi connectivity index (χ1v) is 8.72. The fraction of sp³-hybridized carbons (Fsp3) is 0.412. The molecule has 0 bridgehead atoms. The number of rotatable bonds is 4. The van der Waals surface area contributed by atoms with E-state index in [-0.39, 0.29) is 17.8 Å². The molecule has 1 fully saturated rings. The minimum absolute atomic E-state index is 0.0394. The number of likely N-dealkylation sites (tertiary alicyclic amines) is 1. The van der Waals surface area contributed by atoms with Crippen molar-refractivity contribution in [2.24, 2.45) is 5.92 Å². The van der Waals surface area contributed by atoms with E-state index in [0.717, 1.165) is 36.5 Å². The lowest BCUT2D eigenvalue weighted by molar-refractivity contribution is 0.203. The van der Waals surface area contributed by atoms with E-state index in [4.69, 9.17) is 0 Å². The zero-order chi connectivity index (χ0) is 16.2. The quantitative estimate of drug-likeness (QED) is 0.904. The van der Waals surface area contributed by atoms with Crippen LogP contribution in [0.15, 0.2) is 35.8 Å². The van der Waals surface area contributed by atoms with E-state index in [1.807, 2.05) is 29.5 Å². The Morgan fingerprint density at radius 3 is 3.17 bits per heavy atom. The third kappa shape index (κ3) is 4.01. The van der Waals surface area contributed by atoms with E-state index >= 15 is 0 Å². The number of amides is 2. The molecule has 1 aliphatic rings. The number of thiazole rings is 1. The lowest BCUT2D eigenvalue weighted by atomic mass is 10.1. The molecule has 2 aromatic rings. The maximum Gasteiger partial charge on any atom is 0.317 e. The van der Waals surface area contributed by atoms with Crippen molar-refractivity contribution in [3.63, 3.8) is 0 Å². The van der Waals surface area contributed by atoms with E-state index in [2.05, 4.69) is 10.3 Å². The third-order valence-electron chi connectivity index (χ3n) is 4.23. The second-order valence-electron chi connectivity index (χ2n) is 6.00. The third-order valence-corrected chi connectivity index (χ3v) is 5.03. The summed E-state index contributed by atoms with van der Waals surface area (Å²) in [5.74, 6) is 0.705. The molecule has 122 valence electrons. The molecule has 1 saturated heterocycles. The lowest BCUT2D eigenvalue weighted by Gasteiger charge is -2.21. The highest BCUT2D eigenvalue weighted by Crippen LogP contribution is 2.23. The summed E-state index contributed by atoms with van der Waals surface area (Å²) in [5, 5.41) is 15.7. The molecule has 0 aliphatic carbocycles. The van der Waals surface area contributed by atoms with Crippen LogP contribution in [0.4, 0.5) is 4.79 Å². The number of carbonyl (C=O) groups is 1. The smallest absolute Gasteiger partial charge is 0.317 e. The Kier molecular flexibility index (Phi) is 4.81. The Morgan fingerprint density at radius 1 is 1.57 bits per heavy atom. The molecular weight excluding hydrogens is 310 g/mol. The molecule has 2 heterocycles. The van der Waals surface area contributed by atoms with Gasteiger partial charge >= 0.3 is 6.03 Å². The molecule has 2 amide bonds. The largest absolute Gasteiger partial charge is 0.508 e. The number of hydrogen-bond donors (Lipinski definition) is 2. The SMILES string of the molecule is C[C@H](NC(=O)N1CCC(Cc2nccs2)C1)c1cccc(O)c1. The molecule has 0 spiro atoms. The highest BCUT2D eigenvalue weighted by molar-refractivity contribution is 7.09. The predicted octanol–water partition coefficient (Wildman–Crippen LogP) is 3.18. The first-order valence-electron chi connectivity index (χ1n) is 7.84. The molecule has 2 N–H and O–H groups in total. The fourth-order valence-corrected chi connectivity index (χ4v) is 3.67. The van der Waals surface area contributed by atoms with Gasteiger partial charge in [-0.25, -0.2) is 9.78 Å². The Labute approximate surface area is 140 Å². The highest BCUT2D eigenvalue weighted by Gasteiger charge is 2.27. The number of phenolic OH excluding ortho intramolecular Hbond substituents is 1. The Hall–Kier alpha value is -2.08. The van der Waals surface area contributed by atoms with Crippen molar-refractivity contribution in [1.29, 1.82) is 0 Å². The van der Waals surface area contributed by atoms with Crippen molar-refractivity contribution >= 4 is 17.4 Å². The van der Waals surface area contributed by atoms with Gasteiger partial charge in [0, 0.05) is 31.1 Å². The highest BCUT2D eigenvalue weighted by atomic mass is 32.1. The first-order chi connectivity index (χ1) is 11.1. The van der Waals surface area contributed by atoms with Crippen molar-refractivity contribution in [3.05, 3.63) is 46.4 Å². The topological polar surface area (TPSA) is 65.5 Å². The monoisotopic (exact) mass is 331 g/mol. The summed E-state index contributed by atoms with van der Waals surface area (Å²) in [5.41, 5.74) is 0.900. The van der Waals surface area contributed by atoms with E-state index in [0.29, 0.717) is 5.92 Å². The van der Waals surface area contributed by atoms with Crippen LogP contribution >= 0.6 is 11.3 Å². The van der Waals surface area contributed by atoms with Gasteiger partial charge in [0.2, 0.25) is 0 Å². The summed E-state index contributed by atoms with van der Waals surface area (Å²) in [6.07, 6.45) is 3.80. The van der Waals surface area contributed by atoms with Crippen molar-refractivity contribution in [1.82, 2.24) is 15.2 Å². The molecule has 0 saturated carbocycles. The van der Waals surface area contributed by atoms with Crippen LogP contribution in [0.1, 0.15) is 30.0 Å². The Morgan fingerprint density at radius 2 is 2.43 bits per heavy atom. The molecule has 1 unspecified atom stereocenters. The van der Waals surface area contributed by atoms with Gasteiger partial charge in [-0.3, -0.25) is 0 Å². The van der Waals surface area contributed by atoms with Crippen LogP contribution in [0.2, 0.25) is 0 Å². The summed E-state index contributed by atoms with van der Waals surface area (Å²) in [6.45, 7) is 3.49. The number of nitrogens with one attached hydrogen (secondary N) is 1. The molecule has 1 aromatic carbocycles. The molecule has 6 heteroatoms. The number of urea groups is 1. The maximum atomic E-state index is 12.4. The van der Waals surface area contributed by atoms with Crippen molar-refractivity contribution in [2.45, 2.75) is 25.8 Å². The van der Waals surface area contributed by atoms with E-state index in [9.17, 15) is 9.90 Å². The number of aromatic hydroxyl groups is 1. The minimum Gasteiger partial charge on any atom is -0.508 e. The second-order valence-corrected chi connectivity index (χ2v) is 6.98. The van der Waals surface area contributed by atoms with E-state index in [1.165, 1.54) is 0 Å². The number of aromatic nitrogens is 1. The van der Waals surface area contributed by atoms with Gasteiger partial charge in [-0.15, -0.1) is 11.3 Å². The molecular formula is C17H21N3O2S. The molecule has 0 radical (unpaired) electrons. The maximum absolute atomic E-state index is 12.4. The average molecular weight is 331 g/mol. The number of carbonyl (C=O) groups excluding carboxylic acids is 1. The molecule has 3 rings (SSSR count). The van der Waals surface area contributed by atoms with Crippen LogP contribution in [0.25, 0.3) is 0 Å². The Bertz CT molecular complexity index is 660. The summed E-state index contributed by atoms with van der Waals surface area (Å²) < 4.78 is 0. The van der Waals surface area contributed by atoms with Gasteiger partial charge in [-0.2, -0.15) is 0 Å². The van der Waals surface area contributed by atoms with Gasteiger partial charge in [-0.05, 0) is 37.0 Å². The van der Waals surface area contributed by atoms with Gasteiger partial charge in [0.05, 0.1) is 11.0 Å². The van der Waals surface area contributed by atoms with Crippen LogP contribution in [0.5, 0.6) is 5.75 Å². The van der Waals surface area contributed by atoms with E-state index in [1.54, 1.807) is 29.5 Å². The molecule has 1 aliphatic heterocycles. The van der Waals surface area contributed by atoms with Gasteiger partial charge in [0.25, 0.3) is 0 Å². The van der Waals surface area contributed by atoms with E-state index < -0.39 is 0 Å². The number of nitrogens with zero attached hydrogens (tertiary/aromatic N) is 2. The molecule has 23 heavy (non-hydrogen) atoms. The van der Waals surface area contributed by atoms with Crippen LogP contribution in [-0.2, 0) is 6.42 Å². The van der Waals surface area contributed by atoms with Crippen molar-refractivity contribution in [2.75, 3.05) is 13.1 Å². The summed E-state index contributed by atoms with van der Waals surface area (Å²) in [6, 6.07) is 6.82. The normalized spacial score (nSPS) is 18.8. The van der Waals surface area contributed by atoms with Crippen LogP contribution in [-0.4, -0.2) is 34.1 Å². The van der Waals surface area contributed by atoms with Crippen LogP contribution < -0.4 is 5.32 Å². The summed E-state index contributed by atoms with van der Waals surface area (Å²) >= 11 is 1.67. The zero-order valence-corrected chi connectivity index (χ0v) is 13.9. The predicted molar refractivity (Wildman–Crippen MR) is 90.6 cm³/mol. The number of hydrogen-bond acceptors (Lipinski definition) is 4. The summed E-state index contributed by atoms with van der Waals surface area (Å²) in [7, 11) is 0. The van der Waals surface area contributed by atoms with Gasteiger partial charge < -0.3 is 15.3 Å². The van der Waals surface area contributed by atoms with Crippen molar-refractivity contribution < 1.29 is 9.90 Å². The molecule has 1 aromatic heterocycles. The van der Waals surface area contributed by atoms with Gasteiger partial charge in [0.15, 0.2) is 0 Å². The van der Waals surface area contributed by atoms with Crippen molar-refractivity contribution in [3.8, 4) is 5.75 Å². The van der Waals surface area contributed by atoms with Gasteiger partial charge in [0.1, 0.15) is 5.75 Å². The standard InChI is InChI=1S/C17H21N3O2S/c1-12(14-3-2-4-15(21)10-14)19-17(22)20-7-5-13(11-20)9-16-18-6-8-23-16/h2-4,6,8,10,12-13,21H,5,7,9,11H2,1H3,(H,19,22)/t12-,13?/m0/s1. The Balaban J connectivity index is 1.52. The minimum atomic E-state index is -0.132. The number of phenols is 1. The lowest BCUT2D eigenvalue weighted by Crippen LogP contribution is -2.39. The summed E-state index contributed by atoms with van der Waals surface area (Å²) in [4.78, 5) is 18.6. The fourth-order valence-electron chi connectivity index (χ4n) is 2.94. The van der Waals surface area contributed by atoms with Crippen LogP contribution in [0, 0.1) is 5.92 Å². The zero-order valence-electron chi connectivity index (χ0n) is 13.1.